The minimum Gasteiger partial charge on any atom is -0.267 e. The first-order chi connectivity index (χ1) is 4.83. The standard InChI is InChI=1S/C5H10NO4P/c1-4(2)5(7)6-10-11(3,8)9/h8-9H,1H2,2-3H3/p+1. The van der Waals surface area contributed by atoms with Gasteiger partial charge in [0.15, 0.2) is 0 Å². The van der Waals surface area contributed by atoms with E-state index >= 15 is 0 Å². The highest BCUT2D eigenvalue weighted by Gasteiger charge is 2.29. The first-order valence-corrected chi connectivity index (χ1v) is 4.85. The lowest BCUT2D eigenvalue weighted by molar-refractivity contribution is -0.124. The maximum absolute atomic E-state index is 10.6. The molecule has 1 amide bonds. The highest BCUT2D eigenvalue weighted by atomic mass is 31.2. The minimum absolute atomic E-state index is 0.235. The van der Waals surface area contributed by atoms with E-state index in [2.05, 4.69) is 11.2 Å². The molecule has 11 heavy (non-hydrogen) atoms. The van der Waals surface area contributed by atoms with Crippen molar-refractivity contribution in [2.75, 3.05) is 6.66 Å². The average molecular weight is 180 g/mol. The van der Waals surface area contributed by atoms with Gasteiger partial charge in [-0.2, -0.15) is 15.3 Å². The van der Waals surface area contributed by atoms with Crippen molar-refractivity contribution >= 4 is 13.9 Å². The van der Waals surface area contributed by atoms with Crippen LogP contribution in [-0.2, 0) is 9.42 Å². The highest BCUT2D eigenvalue weighted by Crippen LogP contribution is 2.44. The zero-order valence-corrected chi connectivity index (χ0v) is 7.26. The van der Waals surface area contributed by atoms with Crippen LogP contribution in [0.2, 0.25) is 0 Å². The van der Waals surface area contributed by atoms with E-state index in [0.717, 1.165) is 6.66 Å². The van der Waals surface area contributed by atoms with E-state index in [9.17, 15) is 4.79 Å². The van der Waals surface area contributed by atoms with Crippen LogP contribution >= 0.6 is 7.94 Å². The summed E-state index contributed by atoms with van der Waals surface area (Å²) in [5, 5.41) is 0. The van der Waals surface area contributed by atoms with E-state index in [-0.39, 0.29) is 5.57 Å². The van der Waals surface area contributed by atoms with Gasteiger partial charge >= 0.3 is 7.94 Å². The fourth-order valence-electron chi connectivity index (χ4n) is 0.215. The molecule has 0 aromatic carbocycles. The summed E-state index contributed by atoms with van der Waals surface area (Å²) in [7, 11) is -3.38. The number of hydroxylamine groups is 1. The molecule has 0 fully saturated rings. The van der Waals surface area contributed by atoms with E-state index in [1.54, 1.807) is 0 Å². The van der Waals surface area contributed by atoms with E-state index in [0.29, 0.717) is 0 Å². The van der Waals surface area contributed by atoms with Crippen LogP contribution in [0.1, 0.15) is 6.92 Å². The third-order valence-corrected chi connectivity index (χ3v) is 1.14. The lowest BCUT2D eigenvalue weighted by Gasteiger charge is -2.05. The molecule has 3 N–H and O–H groups in total. The average Bonchev–Trinajstić information content (AvgIpc) is 1.80. The number of hydrogen-bond donors (Lipinski definition) is 3. The molecule has 0 rings (SSSR count). The van der Waals surface area contributed by atoms with E-state index in [1.807, 2.05) is 5.48 Å². The molecule has 0 aliphatic rings. The molecular formula is C5H11NO4P+. The molecule has 0 aliphatic heterocycles. The maximum Gasteiger partial charge on any atom is 0.433 e. The summed E-state index contributed by atoms with van der Waals surface area (Å²) in [4.78, 5) is 27.9. The van der Waals surface area contributed by atoms with Gasteiger partial charge < -0.3 is 0 Å². The third kappa shape index (κ3) is 5.94. The van der Waals surface area contributed by atoms with Crippen molar-refractivity contribution in [1.29, 1.82) is 0 Å². The Morgan fingerprint density at radius 1 is 1.64 bits per heavy atom. The summed E-state index contributed by atoms with van der Waals surface area (Å²) < 4.78 is 4.21. The normalized spacial score (nSPS) is 10.9. The summed E-state index contributed by atoms with van der Waals surface area (Å²) in [6.45, 7) is 5.86. The second kappa shape index (κ2) is 3.78. The Morgan fingerprint density at radius 3 is 2.36 bits per heavy atom. The monoisotopic (exact) mass is 180 g/mol. The summed E-state index contributed by atoms with van der Waals surface area (Å²) in [6, 6.07) is 0. The Bertz CT molecular complexity index is 174. The Morgan fingerprint density at radius 2 is 2.09 bits per heavy atom. The zero-order valence-electron chi connectivity index (χ0n) is 6.37. The van der Waals surface area contributed by atoms with Crippen molar-refractivity contribution in [3.8, 4) is 0 Å². The molecule has 0 aliphatic carbocycles. The number of carbonyl (C=O) groups is 1. The van der Waals surface area contributed by atoms with Crippen LogP contribution < -0.4 is 5.48 Å². The molecule has 0 saturated heterocycles. The van der Waals surface area contributed by atoms with Crippen LogP contribution in [0.3, 0.4) is 0 Å². The van der Waals surface area contributed by atoms with Crippen LogP contribution in [-0.4, -0.2) is 22.4 Å². The van der Waals surface area contributed by atoms with Gasteiger partial charge in [0.2, 0.25) is 0 Å². The molecule has 64 valence electrons. The highest BCUT2D eigenvalue weighted by molar-refractivity contribution is 7.58. The van der Waals surface area contributed by atoms with Crippen molar-refractivity contribution in [1.82, 2.24) is 5.48 Å². The molecule has 0 bridgehead atoms. The van der Waals surface area contributed by atoms with Crippen molar-refractivity contribution in [2.45, 2.75) is 6.92 Å². The molecule has 6 heteroatoms. The SMILES string of the molecule is C=C(C)C(=O)NO[P+](C)(O)O. The van der Waals surface area contributed by atoms with Crippen molar-refractivity contribution in [3.63, 3.8) is 0 Å². The molecule has 0 heterocycles. The molecular weight excluding hydrogens is 169 g/mol. The molecule has 0 spiro atoms. The Balaban J connectivity index is 3.73. The lowest BCUT2D eigenvalue weighted by atomic mass is 10.3. The van der Waals surface area contributed by atoms with Crippen LogP contribution in [0.25, 0.3) is 0 Å². The van der Waals surface area contributed by atoms with Crippen LogP contribution in [0.5, 0.6) is 0 Å². The largest absolute Gasteiger partial charge is 0.433 e. The summed E-state index contributed by atoms with van der Waals surface area (Å²) in [6.07, 6.45) is 0. The first kappa shape index (κ1) is 10.5. The lowest BCUT2D eigenvalue weighted by Crippen LogP contribution is -2.23. The van der Waals surface area contributed by atoms with Crippen LogP contribution in [0.15, 0.2) is 12.2 Å². The minimum atomic E-state index is -3.38. The van der Waals surface area contributed by atoms with Gasteiger partial charge in [0, 0.05) is 5.57 Å². The fourth-order valence-corrected chi connectivity index (χ4v) is 0.471. The summed E-state index contributed by atoms with van der Waals surface area (Å²) in [5.41, 5.74) is 2.07. The second-order valence-corrected chi connectivity index (χ2v) is 3.99. The van der Waals surface area contributed by atoms with Crippen LogP contribution in [0, 0.1) is 0 Å². The number of nitrogens with one attached hydrogen (secondary N) is 1. The fraction of sp³-hybridized carbons (Fsp3) is 0.400. The quantitative estimate of drug-likeness (QED) is 0.324. The van der Waals surface area contributed by atoms with Gasteiger partial charge in [0.1, 0.15) is 6.66 Å². The smallest absolute Gasteiger partial charge is 0.267 e. The number of amides is 1. The number of carbonyl (C=O) groups excluding carboxylic acids is 1. The van der Waals surface area contributed by atoms with E-state index in [1.165, 1.54) is 6.92 Å². The van der Waals surface area contributed by atoms with Gasteiger partial charge in [-0.25, -0.2) is 0 Å². The zero-order chi connectivity index (χ0) is 9.07. The van der Waals surface area contributed by atoms with E-state index < -0.39 is 13.9 Å². The molecule has 0 atom stereocenters. The van der Waals surface area contributed by atoms with Gasteiger partial charge in [-0.15, -0.1) is 0 Å². The molecule has 0 aromatic rings. The summed E-state index contributed by atoms with van der Waals surface area (Å²) in [5.74, 6) is -0.570. The Kier molecular flexibility index (Phi) is 3.62. The van der Waals surface area contributed by atoms with Gasteiger partial charge in [-0.05, 0) is 6.92 Å². The number of rotatable bonds is 3. The molecule has 0 radical (unpaired) electrons. The predicted octanol–water partition coefficient (Wildman–Crippen LogP) is -0.0127. The van der Waals surface area contributed by atoms with Gasteiger partial charge in [0.05, 0.1) is 0 Å². The van der Waals surface area contributed by atoms with Crippen molar-refractivity contribution < 1.29 is 19.2 Å². The Labute approximate surface area is 65.2 Å². The van der Waals surface area contributed by atoms with Crippen LogP contribution in [0.4, 0.5) is 0 Å². The number of hydrogen-bond acceptors (Lipinski definition) is 4. The predicted molar refractivity (Wildman–Crippen MR) is 41.3 cm³/mol. The van der Waals surface area contributed by atoms with Gasteiger partial charge in [-0.3, -0.25) is 4.79 Å². The van der Waals surface area contributed by atoms with Crippen molar-refractivity contribution in [3.05, 3.63) is 12.2 Å². The summed E-state index contributed by atoms with van der Waals surface area (Å²) >= 11 is 0. The molecule has 0 saturated carbocycles. The van der Waals surface area contributed by atoms with Crippen molar-refractivity contribution in [2.24, 2.45) is 0 Å². The molecule has 0 aromatic heterocycles. The third-order valence-electron chi connectivity index (χ3n) is 0.699. The second-order valence-electron chi connectivity index (χ2n) is 2.14. The molecule has 0 unspecified atom stereocenters. The van der Waals surface area contributed by atoms with Gasteiger partial charge in [-0.1, -0.05) is 11.2 Å². The Hall–Kier alpha value is -0.480. The first-order valence-electron chi connectivity index (χ1n) is 2.79. The maximum atomic E-state index is 10.6. The van der Waals surface area contributed by atoms with E-state index in [4.69, 9.17) is 9.79 Å². The van der Waals surface area contributed by atoms with Gasteiger partial charge in [0.25, 0.3) is 5.91 Å². The molecule has 5 nitrogen and oxygen atoms in total. The topological polar surface area (TPSA) is 78.8 Å².